The second-order valence-corrected chi connectivity index (χ2v) is 3.42. The molecule has 0 aliphatic carbocycles. The van der Waals surface area contributed by atoms with E-state index < -0.39 is 5.97 Å². The van der Waals surface area contributed by atoms with Gasteiger partial charge in [-0.3, -0.25) is 4.79 Å². The van der Waals surface area contributed by atoms with Crippen LogP contribution in [0.2, 0.25) is 0 Å². The fourth-order valence-electron chi connectivity index (χ4n) is 1.39. The van der Waals surface area contributed by atoms with Gasteiger partial charge in [0.15, 0.2) is 0 Å². The predicted octanol–water partition coefficient (Wildman–Crippen LogP) is 1.36. The smallest absolute Gasteiger partial charge is 0.330 e. The standard InChI is InChI=1S/C10H14O4/c1-7(9(11)12)6-8-4-2-3-5-14-10(8)13/h6,8H,2-5H2,1H3,(H,11,12). The number of carboxylic acids is 1. The molecule has 4 heteroatoms. The Morgan fingerprint density at radius 3 is 2.93 bits per heavy atom. The molecule has 78 valence electrons. The van der Waals surface area contributed by atoms with E-state index in [-0.39, 0.29) is 17.5 Å². The van der Waals surface area contributed by atoms with Gasteiger partial charge in [-0.1, -0.05) is 6.08 Å². The summed E-state index contributed by atoms with van der Waals surface area (Å²) in [4.78, 5) is 21.9. The minimum atomic E-state index is -0.984. The van der Waals surface area contributed by atoms with Crippen molar-refractivity contribution in [1.29, 1.82) is 0 Å². The first-order valence-corrected chi connectivity index (χ1v) is 4.69. The van der Waals surface area contributed by atoms with Crippen LogP contribution in [-0.4, -0.2) is 23.7 Å². The molecule has 1 aliphatic heterocycles. The molecule has 0 aromatic rings. The quantitative estimate of drug-likeness (QED) is 0.537. The van der Waals surface area contributed by atoms with E-state index in [0.717, 1.165) is 12.8 Å². The van der Waals surface area contributed by atoms with Crippen LogP contribution in [0.25, 0.3) is 0 Å². The maximum absolute atomic E-state index is 11.3. The Balaban J connectivity index is 2.69. The second kappa shape index (κ2) is 4.79. The largest absolute Gasteiger partial charge is 0.478 e. The summed E-state index contributed by atoms with van der Waals surface area (Å²) in [5.41, 5.74) is 0.203. The Hall–Kier alpha value is -1.32. The van der Waals surface area contributed by atoms with Gasteiger partial charge in [0.25, 0.3) is 0 Å². The van der Waals surface area contributed by atoms with Gasteiger partial charge in [0.05, 0.1) is 12.5 Å². The third kappa shape index (κ3) is 2.87. The summed E-state index contributed by atoms with van der Waals surface area (Å²) in [6.07, 6.45) is 3.93. The van der Waals surface area contributed by atoms with Crippen molar-refractivity contribution in [3.63, 3.8) is 0 Å². The van der Waals surface area contributed by atoms with Crippen LogP contribution in [0.1, 0.15) is 26.2 Å². The van der Waals surface area contributed by atoms with Crippen molar-refractivity contribution >= 4 is 11.9 Å². The first kappa shape index (κ1) is 10.8. The summed E-state index contributed by atoms with van der Waals surface area (Å²) in [5.74, 6) is -1.67. The molecular weight excluding hydrogens is 184 g/mol. The summed E-state index contributed by atoms with van der Waals surface area (Å²) in [6, 6.07) is 0. The zero-order valence-electron chi connectivity index (χ0n) is 8.16. The Morgan fingerprint density at radius 1 is 1.57 bits per heavy atom. The number of cyclic esters (lactones) is 1. The average molecular weight is 198 g/mol. The van der Waals surface area contributed by atoms with Crippen LogP contribution in [0.4, 0.5) is 0 Å². The van der Waals surface area contributed by atoms with Crippen molar-refractivity contribution in [2.24, 2.45) is 5.92 Å². The summed E-state index contributed by atoms with van der Waals surface area (Å²) in [5, 5.41) is 8.65. The average Bonchev–Trinajstić information content (AvgIpc) is 2.32. The van der Waals surface area contributed by atoms with Crippen LogP contribution >= 0.6 is 0 Å². The van der Waals surface area contributed by atoms with Crippen molar-refractivity contribution in [3.8, 4) is 0 Å². The molecule has 1 rings (SSSR count). The van der Waals surface area contributed by atoms with E-state index in [0.29, 0.717) is 13.0 Å². The number of carboxylic acid groups (broad SMARTS) is 1. The van der Waals surface area contributed by atoms with Gasteiger partial charge in [-0.2, -0.15) is 0 Å². The first-order valence-electron chi connectivity index (χ1n) is 4.69. The molecule has 1 saturated heterocycles. The van der Waals surface area contributed by atoms with E-state index in [1.165, 1.54) is 13.0 Å². The molecule has 14 heavy (non-hydrogen) atoms. The number of hydrogen-bond acceptors (Lipinski definition) is 3. The van der Waals surface area contributed by atoms with E-state index in [4.69, 9.17) is 9.84 Å². The minimum Gasteiger partial charge on any atom is -0.478 e. The third-order valence-electron chi connectivity index (χ3n) is 2.25. The molecule has 0 saturated carbocycles. The first-order chi connectivity index (χ1) is 6.61. The maximum atomic E-state index is 11.3. The van der Waals surface area contributed by atoms with Gasteiger partial charge < -0.3 is 9.84 Å². The lowest BCUT2D eigenvalue weighted by Crippen LogP contribution is -2.14. The highest BCUT2D eigenvalue weighted by Crippen LogP contribution is 2.18. The zero-order valence-corrected chi connectivity index (χ0v) is 8.16. The monoisotopic (exact) mass is 198 g/mol. The third-order valence-corrected chi connectivity index (χ3v) is 2.25. The van der Waals surface area contributed by atoms with Crippen LogP contribution in [0.15, 0.2) is 11.6 Å². The van der Waals surface area contributed by atoms with Gasteiger partial charge in [-0.05, 0) is 26.2 Å². The van der Waals surface area contributed by atoms with Crippen LogP contribution in [0, 0.1) is 5.92 Å². The highest BCUT2D eigenvalue weighted by atomic mass is 16.5. The number of carbonyl (C=O) groups excluding carboxylic acids is 1. The van der Waals surface area contributed by atoms with E-state index >= 15 is 0 Å². The highest BCUT2D eigenvalue weighted by molar-refractivity contribution is 5.87. The topological polar surface area (TPSA) is 63.6 Å². The van der Waals surface area contributed by atoms with Gasteiger partial charge in [-0.25, -0.2) is 4.79 Å². The molecule has 1 unspecified atom stereocenters. The zero-order chi connectivity index (χ0) is 10.6. The van der Waals surface area contributed by atoms with Crippen molar-refractivity contribution in [2.75, 3.05) is 6.61 Å². The van der Waals surface area contributed by atoms with Crippen LogP contribution in [0.5, 0.6) is 0 Å². The lowest BCUT2D eigenvalue weighted by molar-refractivity contribution is -0.145. The molecule has 4 nitrogen and oxygen atoms in total. The Kier molecular flexibility index (Phi) is 3.68. The second-order valence-electron chi connectivity index (χ2n) is 3.42. The minimum absolute atomic E-state index is 0.203. The van der Waals surface area contributed by atoms with E-state index in [2.05, 4.69) is 0 Å². The van der Waals surface area contributed by atoms with E-state index in [9.17, 15) is 9.59 Å². The molecule has 1 N–H and O–H groups in total. The van der Waals surface area contributed by atoms with Crippen molar-refractivity contribution in [3.05, 3.63) is 11.6 Å². The highest BCUT2D eigenvalue weighted by Gasteiger charge is 2.21. The lowest BCUT2D eigenvalue weighted by Gasteiger charge is -2.07. The molecule has 0 bridgehead atoms. The van der Waals surface area contributed by atoms with E-state index in [1.54, 1.807) is 0 Å². The summed E-state index contributed by atoms with van der Waals surface area (Å²) in [7, 11) is 0. The molecule has 0 aromatic carbocycles. The molecule has 1 aliphatic rings. The normalized spacial score (nSPS) is 23.9. The summed E-state index contributed by atoms with van der Waals surface area (Å²) >= 11 is 0. The van der Waals surface area contributed by atoms with Crippen LogP contribution < -0.4 is 0 Å². The van der Waals surface area contributed by atoms with Crippen molar-refractivity contribution in [2.45, 2.75) is 26.2 Å². The van der Waals surface area contributed by atoms with Crippen molar-refractivity contribution in [1.82, 2.24) is 0 Å². The molecule has 1 atom stereocenters. The van der Waals surface area contributed by atoms with Gasteiger partial charge >= 0.3 is 11.9 Å². The van der Waals surface area contributed by atoms with Gasteiger partial charge in [0.1, 0.15) is 0 Å². The van der Waals surface area contributed by atoms with Gasteiger partial charge in [0, 0.05) is 5.57 Å². The molecular formula is C10H14O4. The Bertz CT molecular complexity index is 267. The molecule has 0 radical (unpaired) electrons. The number of rotatable bonds is 2. The maximum Gasteiger partial charge on any atom is 0.330 e. The van der Waals surface area contributed by atoms with Crippen LogP contribution in [-0.2, 0) is 14.3 Å². The van der Waals surface area contributed by atoms with Crippen LogP contribution in [0.3, 0.4) is 0 Å². The Morgan fingerprint density at radius 2 is 2.29 bits per heavy atom. The van der Waals surface area contributed by atoms with E-state index in [1.807, 2.05) is 0 Å². The number of aliphatic carboxylic acids is 1. The van der Waals surface area contributed by atoms with Gasteiger partial charge in [-0.15, -0.1) is 0 Å². The number of hydrogen-bond donors (Lipinski definition) is 1. The molecule has 0 amide bonds. The van der Waals surface area contributed by atoms with Gasteiger partial charge in [0.2, 0.25) is 0 Å². The lowest BCUT2D eigenvalue weighted by atomic mass is 10.0. The number of carbonyl (C=O) groups is 2. The summed E-state index contributed by atoms with van der Waals surface area (Å²) < 4.78 is 4.92. The fraction of sp³-hybridized carbons (Fsp3) is 0.600. The Labute approximate surface area is 82.6 Å². The predicted molar refractivity (Wildman–Crippen MR) is 49.7 cm³/mol. The number of esters is 1. The van der Waals surface area contributed by atoms with Crippen molar-refractivity contribution < 1.29 is 19.4 Å². The molecule has 1 fully saturated rings. The molecule has 0 aromatic heterocycles. The fourth-order valence-corrected chi connectivity index (χ4v) is 1.39. The number of ether oxygens (including phenoxy) is 1. The molecule has 1 heterocycles. The molecule has 0 spiro atoms. The SMILES string of the molecule is CC(=CC1CCCCOC1=O)C(=O)O. The summed E-state index contributed by atoms with van der Waals surface area (Å²) in [6.45, 7) is 1.94.